The highest BCUT2D eigenvalue weighted by Crippen LogP contribution is 2.32. The topological polar surface area (TPSA) is 79.9 Å². The summed E-state index contributed by atoms with van der Waals surface area (Å²) in [6, 6.07) is 9.61. The molecule has 4 aromatic rings. The number of piperidine rings is 1. The van der Waals surface area contributed by atoms with Crippen molar-refractivity contribution in [2.75, 3.05) is 6.54 Å². The van der Waals surface area contributed by atoms with Gasteiger partial charge in [0.2, 0.25) is 0 Å². The van der Waals surface area contributed by atoms with Crippen LogP contribution in [-0.4, -0.2) is 37.1 Å². The number of nitrogens with one attached hydrogen (secondary N) is 1. The minimum Gasteiger partial charge on any atom is -0.454 e. The lowest BCUT2D eigenvalue weighted by Crippen LogP contribution is -2.38. The molecule has 0 aliphatic carbocycles. The molecule has 5 rings (SSSR count). The first-order chi connectivity index (χ1) is 14.6. The molecular weight excluding hydrogens is 402 g/mol. The number of furan rings is 1. The number of likely N-dealkylation sites (tertiary alicyclic amines) is 1. The number of hydrogen-bond donors (Lipinski definition) is 1. The minimum atomic E-state index is -0.110. The normalized spacial score (nSPS) is 17.0. The molecule has 0 saturated carbocycles. The lowest BCUT2D eigenvalue weighted by atomic mass is 10.0. The number of hydrogen-bond acceptors (Lipinski definition) is 4. The van der Waals surface area contributed by atoms with Gasteiger partial charge in [-0.05, 0) is 56.0 Å². The number of aryl methyl sites for hydroxylation is 1. The van der Waals surface area contributed by atoms with Crippen molar-refractivity contribution >= 4 is 28.5 Å². The summed E-state index contributed by atoms with van der Waals surface area (Å²) in [7, 11) is 0. The summed E-state index contributed by atoms with van der Waals surface area (Å²) in [4.78, 5) is 23.3. The number of benzene rings is 1. The Morgan fingerprint density at radius 2 is 2.20 bits per heavy atom. The van der Waals surface area contributed by atoms with Crippen molar-refractivity contribution in [3.8, 4) is 0 Å². The molecule has 0 bridgehead atoms. The quantitative estimate of drug-likeness (QED) is 0.514. The van der Waals surface area contributed by atoms with Crippen LogP contribution in [-0.2, 0) is 6.54 Å². The largest absolute Gasteiger partial charge is 0.454 e. The number of imidazole rings is 1. The van der Waals surface area contributed by atoms with E-state index in [0.717, 1.165) is 36.1 Å². The molecule has 1 fully saturated rings. The molecule has 1 saturated heterocycles. The highest BCUT2D eigenvalue weighted by atomic mass is 35.5. The van der Waals surface area contributed by atoms with Crippen LogP contribution in [0.25, 0.3) is 11.0 Å². The van der Waals surface area contributed by atoms with Gasteiger partial charge in [-0.15, -0.1) is 0 Å². The van der Waals surface area contributed by atoms with Crippen molar-refractivity contribution in [2.24, 2.45) is 0 Å². The monoisotopic (exact) mass is 423 g/mol. The van der Waals surface area contributed by atoms with E-state index < -0.39 is 0 Å². The fraction of sp³-hybridized carbons (Fsp3) is 0.318. The summed E-state index contributed by atoms with van der Waals surface area (Å²) in [6.07, 6.45) is 6.21. The number of nitrogens with zero attached hydrogens (tertiary/aromatic N) is 4. The van der Waals surface area contributed by atoms with Crippen molar-refractivity contribution in [1.29, 1.82) is 0 Å². The van der Waals surface area contributed by atoms with Crippen LogP contribution in [0.3, 0.4) is 0 Å². The Morgan fingerprint density at radius 3 is 3.03 bits per heavy atom. The van der Waals surface area contributed by atoms with Gasteiger partial charge in [0.05, 0.1) is 34.8 Å². The van der Waals surface area contributed by atoms with Crippen LogP contribution < -0.4 is 0 Å². The van der Waals surface area contributed by atoms with Crippen LogP contribution in [0.2, 0.25) is 5.02 Å². The number of amides is 1. The number of carbonyl (C=O) groups excluding carboxylic acids is 1. The number of H-pyrrole nitrogens is 1. The highest BCUT2D eigenvalue weighted by Gasteiger charge is 2.32. The van der Waals surface area contributed by atoms with Crippen LogP contribution >= 0.6 is 11.6 Å². The smallest absolute Gasteiger partial charge is 0.290 e. The summed E-state index contributed by atoms with van der Waals surface area (Å²) in [5.41, 5.74) is 3.10. The Balaban J connectivity index is 1.39. The second-order valence-corrected chi connectivity index (χ2v) is 8.21. The lowest BCUT2D eigenvalue weighted by Gasteiger charge is -2.33. The summed E-state index contributed by atoms with van der Waals surface area (Å²) >= 11 is 5.91. The maximum Gasteiger partial charge on any atom is 0.290 e. The highest BCUT2D eigenvalue weighted by molar-refractivity contribution is 6.30. The zero-order valence-corrected chi connectivity index (χ0v) is 17.4. The van der Waals surface area contributed by atoms with Crippen molar-refractivity contribution in [1.82, 2.24) is 24.6 Å². The molecule has 1 atom stereocenters. The minimum absolute atomic E-state index is 0.0857. The summed E-state index contributed by atoms with van der Waals surface area (Å²) in [5.74, 6) is 1.72. The molecule has 1 aliphatic rings. The number of aromatic nitrogens is 4. The molecule has 0 spiro atoms. The van der Waals surface area contributed by atoms with Gasteiger partial charge in [-0.25, -0.2) is 4.98 Å². The summed E-state index contributed by atoms with van der Waals surface area (Å²) in [5, 5.41) is 4.72. The first-order valence-corrected chi connectivity index (χ1v) is 10.5. The van der Waals surface area contributed by atoms with Gasteiger partial charge in [-0.2, -0.15) is 5.10 Å². The molecule has 1 amide bonds. The average Bonchev–Trinajstić information content (AvgIpc) is 3.47. The summed E-state index contributed by atoms with van der Waals surface area (Å²) < 4.78 is 7.52. The van der Waals surface area contributed by atoms with E-state index in [1.807, 2.05) is 23.1 Å². The standard InChI is InChI=1S/C22H22ClN5O2/c1-14-5-7-17-18(10-14)26-21(25-17)19-4-2-3-9-28(19)22(29)20-8-6-16(30-20)13-27-12-15(23)11-24-27/h5-8,10-12,19H,2-4,9,13H2,1H3,(H,25,26)/t19-/m1/s1. The van der Waals surface area contributed by atoms with Gasteiger partial charge in [-0.1, -0.05) is 17.7 Å². The van der Waals surface area contributed by atoms with Crippen molar-refractivity contribution in [2.45, 2.75) is 38.8 Å². The first-order valence-electron chi connectivity index (χ1n) is 10.1. The van der Waals surface area contributed by atoms with Crippen LogP contribution in [0.4, 0.5) is 0 Å². The van der Waals surface area contributed by atoms with Crippen molar-refractivity contribution in [3.05, 3.63) is 70.7 Å². The molecule has 154 valence electrons. The van der Waals surface area contributed by atoms with E-state index >= 15 is 0 Å². The number of fused-ring (bicyclic) bond motifs is 1. The fourth-order valence-electron chi connectivity index (χ4n) is 4.06. The molecule has 1 aromatic carbocycles. The van der Waals surface area contributed by atoms with Gasteiger partial charge in [0.25, 0.3) is 5.91 Å². The molecule has 7 nitrogen and oxygen atoms in total. The van der Waals surface area contributed by atoms with Crippen molar-refractivity contribution < 1.29 is 9.21 Å². The first kappa shape index (κ1) is 18.9. The van der Waals surface area contributed by atoms with Gasteiger partial charge >= 0.3 is 0 Å². The molecule has 30 heavy (non-hydrogen) atoms. The Morgan fingerprint density at radius 1 is 1.30 bits per heavy atom. The SMILES string of the molecule is Cc1ccc2nc([C@H]3CCCCN3C(=O)c3ccc(Cn4cc(Cl)cn4)o3)[nH]c2c1. The Kier molecular flexibility index (Phi) is 4.83. The van der Waals surface area contributed by atoms with Crippen LogP contribution in [0, 0.1) is 6.92 Å². The Bertz CT molecular complexity index is 1210. The van der Waals surface area contributed by atoms with Crippen LogP contribution in [0.1, 0.15) is 53.0 Å². The molecule has 4 heterocycles. The maximum absolute atomic E-state index is 13.3. The van der Waals surface area contributed by atoms with E-state index in [9.17, 15) is 4.79 Å². The van der Waals surface area contributed by atoms with E-state index in [4.69, 9.17) is 21.0 Å². The molecular formula is C22H22ClN5O2. The van der Waals surface area contributed by atoms with Gasteiger partial charge in [0, 0.05) is 12.7 Å². The van der Waals surface area contributed by atoms with E-state index in [1.54, 1.807) is 23.1 Å². The average molecular weight is 424 g/mol. The van der Waals surface area contributed by atoms with E-state index in [2.05, 4.69) is 23.1 Å². The fourth-order valence-corrected chi connectivity index (χ4v) is 4.22. The third-order valence-corrected chi connectivity index (χ3v) is 5.72. The number of halogens is 1. The maximum atomic E-state index is 13.3. The third-order valence-electron chi connectivity index (χ3n) is 5.53. The molecule has 8 heteroatoms. The van der Waals surface area contributed by atoms with Crippen LogP contribution in [0.5, 0.6) is 0 Å². The van der Waals surface area contributed by atoms with Crippen LogP contribution in [0.15, 0.2) is 47.1 Å². The summed E-state index contributed by atoms with van der Waals surface area (Å²) in [6.45, 7) is 3.17. The van der Waals surface area contributed by atoms with E-state index in [-0.39, 0.29) is 11.9 Å². The molecule has 1 aliphatic heterocycles. The van der Waals surface area contributed by atoms with Gasteiger partial charge in [-0.3, -0.25) is 9.48 Å². The second-order valence-electron chi connectivity index (χ2n) is 7.77. The number of rotatable bonds is 4. The predicted molar refractivity (Wildman–Crippen MR) is 114 cm³/mol. The van der Waals surface area contributed by atoms with Gasteiger partial charge in [0.15, 0.2) is 5.76 Å². The van der Waals surface area contributed by atoms with Gasteiger partial charge < -0.3 is 14.3 Å². The molecule has 0 unspecified atom stereocenters. The van der Waals surface area contributed by atoms with E-state index in [0.29, 0.717) is 29.6 Å². The zero-order valence-electron chi connectivity index (χ0n) is 16.6. The van der Waals surface area contributed by atoms with Crippen molar-refractivity contribution in [3.63, 3.8) is 0 Å². The van der Waals surface area contributed by atoms with E-state index in [1.165, 1.54) is 5.56 Å². The number of carbonyl (C=O) groups is 1. The second kappa shape index (κ2) is 7.65. The number of aromatic amines is 1. The Hall–Kier alpha value is -3.06. The molecule has 3 aromatic heterocycles. The Labute approximate surface area is 178 Å². The third kappa shape index (κ3) is 3.61. The predicted octanol–water partition coefficient (Wildman–Crippen LogP) is 4.73. The lowest BCUT2D eigenvalue weighted by molar-refractivity contribution is 0.0566. The van der Waals surface area contributed by atoms with Gasteiger partial charge in [0.1, 0.15) is 11.6 Å². The molecule has 1 N–H and O–H groups in total. The molecule has 0 radical (unpaired) electrons. The zero-order chi connectivity index (χ0) is 20.7.